The van der Waals surface area contributed by atoms with Gasteiger partial charge in [0, 0.05) is 17.8 Å². The number of nitrogens with one attached hydrogen (secondary N) is 1. The molecule has 170 valence electrons. The summed E-state index contributed by atoms with van der Waals surface area (Å²) in [4.78, 5) is 26.4. The van der Waals surface area contributed by atoms with Crippen molar-refractivity contribution in [1.29, 1.82) is 0 Å². The van der Waals surface area contributed by atoms with E-state index in [1.165, 1.54) is 11.3 Å². The van der Waals surface area contributed by atoms with Crippen LogP contribution in [0, 0.1) is 0 Å². The predicted octanol–water partition coefficient (Wildman–Crippen LogP) is 6.38. The Labute approximate surface area is 192 Å². The molecule has 2 aromatic heterocycles. The lowest BCUT2D eigenvalue weighted by Crippen LogP contribution is -2.27. The van der Waals surface area contributed by atoms with Gasteiger partial charge in [0.25, 0.3) is 0 Å². The van der Waals surface area contributed by atoms with Crippen molar-refractivity contribution in [3.8, 4) is 21.7 Å². The molecule has 0 saturated carbocycles. The Balaban J connectivity index is 2.20. The summed E-state index contributed by atoms with van der Waals surface area (Å²) in [5.41, 5.74) is 1.84. The lowest BCUT2D eigenvalue weighted by atomic mass is 10.00. The van der Waals surface area contributed by atoms with Crippen molar-refractivity contribution in [3.05, 3.63) is 48.2 Å². The molecular formula is C24H29N3O4S. The van der Waals surface area contributed by atoms with Crippen molar-refractivity contribution in [2.24, 2.45) is 0 Å². The van der Waals surface area contributed by atoms with Crippen LogP contribution in [0.4, 0.5) is 9.80 Å². The largest absolute Gasteiger partial charge is 0.462 e. The van der Waals surface area contributed by atoms with Crippen LogP contribution in [0.2, 0.25) is 0 Å². The lowest BCUT2D eigenvalue weighted by molar-refractivity contribution is 0.0529. The van der Waals surface area contributed by atoms with Gasteiger partial charge in [0.2, 0.25) is 0 Å². The monoisotopic (exact) mass is 455 g/mol. The third-order valence-electron chi connectivity index (χ3n) is 4.43. The topological polar surface area (TPSA) is 82.5 Å². The number of hydrogen-bond acceptors (Lipinski definition) is 6. The molecule has 0 spiro atoms. The van der Waals surface area contributed by atoms with Crippen molar-refractivity contribution < 1.29 is 19.1 Å². The van der Waals surface area contributed by atoms with Gasteiger partial charge < -0.3 is 9.47 Å². The molecule has 0 bridgehead atoms. The number of nitrogens with zero attached hydrogens (tertiary/aromatic N) is 2. The molecule has 0 fully saturated rings. The summed E-state index contributed by atoms with van der Waals surface area (Å²) >= 11 is 1.28. The highest BCUT2D eigenvalue weighted by atomic mass is 32.1. The molecule has 1 amide bonds. The van der Waals surface area contributed by atoms with Gasteiger partial charge in [-0.1, -0.05) is 30.3 Å². The number of thiophene rings is 1. The van der Waals surface area contributed by atoms with E-state index in [4.69, 9.17) is 14.6 Å². The molecular weight excluding hydrogens is 426 g/mol. The molecule has 0 unspecified atom stereocenters. The summed E-state index contributed by atoms with van der Waals surface area (Å²) in [6, 6.07) is 11.7. The summed E-state index contributed by atoms with van der Waals surface area (Å²) in [5.74, 6) is -0.511. The number of amides is 1. The van der Waals surface area contributed by atoms with Crippen LogP contribution in [0.3, 0.4) is 0 Å². The first-order chi connectivity index (χ1) is 15.1. The molecule has 0 aliphatic rings. The SMILES string of the molecule is CCOC(=O)c1c(NC(=O)OC(C)(C)C)sc(-c2ccn(C(C)C)n2)c1-c1ccccc1. The molecule has 3 rings (SSSR count). The Morgan fingerprint density at radius 1 is 1.16 bits per heavy atom. The molecule has 32 heavy (non-hydrogen) atoms. The third-order valence-corrected chi connectivity index (χ3v) is 5.56. The van der Waals surface area contributed by atoms with E-state index in [-0.39, 0.29) is 12.6 Å². The van der Waals surface area contributed by atoms with E-state index in [1.807, 2.05) is 61.1 Å². The molecule has 0 saturated heterocycles. The number of aromatic nitrogens is 2. The highest BCUT2D eigenvalue weighted by molar-refractivity contribution is 7.20. The van der Waals surface area contributed by atoms with Gasteiger partial charge in [-0.25, -0.2) is 9.59 Å². The maximum absolute atomic E-state index is 13.1. The number of esters is 1. The number of anilines is 1. The number of rotatable bonds is 6. The first kappa shape index (κ1) is 23.5. The molecule has 0 atom stereocenters. The van der Waals surface area contributed by atoms with Crippen LogP contribution in [0.5, 0.6) is 0 Å². The van der Waals surface area contributed by atoms with Gasteiger partial charge in [0.1, 0.15) is 21.9 Å². The molecule has 8 heteroatoms. The van der Waals surface area contributed by atoms with Crippen LogP contribution in [-0.2, 0) is 9.47 Å². The number of hydrogen-bond donors (Lipinski definition) is 1. The Hall–Kier alpha value is -3.13. The van der Waals surface area contributed by atoms with Crippen LogP contribution >= 0.6 is 11.3 Å². The smallest absolute Gasteiger partial charge is 0.412 e. The number of ether oxygens (including phenoxy) is 2. The Kier molecular flexibility index (Phi) is 7.03. The molecule has 3 aromatic rings. The van der Waals surface area contributed by atoms with Crippen molar-refractivity contribution in [2.75, 3.05) is 11.9 Å². The zero-order chi connectivity index (χ0) is 23.5. The minimum Gasteiger partial charge on any atom is -0.462 e. The van der Waals surface area contributed by atoms with Crippen molar-refractivity contribution in [2.45, 2.75) is 53.2 Å². The van der Waals surface area contributed by atoms with E-state index in [0.717, 1.165) is 10.4 Å². The van der Waals surface area contributed by atoms with Gasteiger partial charge in [-0.3, -0.25) is 10.00 Å². The summed E-state index contributed by atoms with van der Waals surface area (Å²) in [6.45, 7) is 11.4. The zero-order valence-corrected chi connectivity index (χ0v) is 20.1. The van der Waals surface area contributed by atoms with Crippen molar-refractivity contribution >= 4 is 28.4 Å². The molecule has 1 N–H and O–H groups in total. The Morgan fingerprint density at radius 3 is 2.41 bits per heavy atom. The van der Waals surface area contributed by atoms with Crippen LogP contribution in [0.25, 0.3) is 21.7 Å². The Bertz CT molecular complexity index is 1090. The van der Waals surface area contributed by atoms with Crippen LogP contribution in [0.1, 0.15) is 57.9 Å². The van der Waals surface area contributed by atoms with E-state index in [2.05, 4.69) is 5.32 Å². The quantitative estimate of drug-likeness (QED) is 0.436. The highest BCUT2D eigenvalue weighted by Crippen LogP contribution is 2.46. The fraction of sp³-hybridized carbons (Fsp3) is 0.375. The minimum atomic E-state index is -0.674. The molecule has 1 aromatic carbocycles. The maximum Gasteiger partial charge on any atom is 0.412 e. The fourth-order valence-corrected chi connectivity index (χ4v) is 4.28. The average Bonchev–Trinajstić information content (AvgIpc) is 3.32. The summed E-state index contributed by atoms with van der Waals surface area (Å²) in [7, 11) is 0. The first-order valence-electron chi connectivity index (χ1n) is 10.6. The molecule has 0 radical (unpaired) electrons. The van der Waals surface area contributed by atoms with Gasteiger partial charge in [0.15, 0.2) is 0 Å². The summed E-state index contributed by atoms with van der Waals surface area (Å²) in [5, 5.41) is 7.82. The molecule has 0 aliphatic carbocycles. The van der Waals surface area contributed by atoms with Gasteiger partial charge >= 0.3 is 12.1 Å². The fourth-order valence-electron chi connectivity index (χ4n) is 3.12. The van der Waals surface area contributed by atoms with Crippen LogP contribution in [0.15, 0.2) is 42.6 Å². The molecule has 0 aliphatic heterocycles. The molecule has 2 heterocycles. The van der Waals surface area contributed by atoms with Crippen molar-refractivity contribution in [1.82, 2.24) is 9.78 Å². The van der Waals surface area contributed by atoms with Crippen LogP contribution < -0.4 is 5.32 Å². The Morgan fingerprint density at radius 2 is 1.84 bits per heavy atom. The van der Waals surface area contributed by atoms with Gasteiger partial charge in [-0.2, -0.15) is 5.10 Å². The second-order valence-corrected chi connectivity index (χ2v) is 9.52. The highest BCUT2D eigenvalue weighted by Gasteiger charge is 2.29. The third kappa shape index (κ3) is 5.37. The molecule has 7 nitrogen and oxygen atoms in total. The lowest BCUT2D eigenvalue weighted by Gasteiger charge is -2.19. The van der Waals surface area contributed by atoms with Gasteiger partial charge in [-0.05, 0) is 53.2 Å². The number of carbonyl (C=O) groups excluding carboxylic acids is 2. The summed E-state index contributed by atoms with van der Waals surface area (Å²) in [6.07, 6.45) is 1.27. The van der Waals surface area contributed by atoms with Crippen LogP contribution in [-0.4, -0.2) is 34.1 Å². The second-order valence-electron chi connectivity index (χ2n) is 8.50. The van der Waals surface area contributed by atoms with E-state index in [9.17, 15) is 9.59 Å². The van der Waals surface area contributed by atoms with E-state index in [0.29, 0.717) is 21.8 Å². The predicted molar refractivity (Wildman–Crippen MR) is 127 cm³/mol. The van der Waals surface area contributed by atoms with Gasteiger partial charge in [0.05, 0.1) is 11.5 Å². The minimum absolute atomic E-state index is 0.188. The summed E-state index contributed by atoms with van der Waals surface area (Å²) < 4.78 is 12.6. The second kappa shape index (κ2) is 9.56. The van der Waals surface area contributed by atoms with Crippen molar-refractivity contribution in [3.63, 3.8) is 0 Å². The average molecular weight is 456 g/mol. The number of benzene rings is 1. The van der Waals surface area contributed by atoms with E-state index in [1.54, 1.807) is 27.7 Å². The zero-order valence-electron chi connectivity index (χ0n) is 19.3. The van der Waals surface area contributed by atoms with E-state index >= 15 is 0 Å². The standard InChI is InChI=1S/C24H29N3O4S/c1-7-30-22(28)19-18(16-11-9-8-10-12-16)20(17-13-14-27(26-17)15(2)3)32-21(19)25-23(29)31-24(4,5)6/h8-15H,7H2,1-6H3,(H,25,29). The number of carbonyl (C=O) groups is 2. The maximum atomic E-state index is 13.1. The first-order valence-corrected chi connectivity index (χ1v) is 11.4. The van der Waals surface area contributed by atoms with Gasteiger partial charge in [-0.15, -0.1) is 11.3 Å². The van der Waals surface area contributed by atoms with E-state index < -0.39 is 17.7 Å². The normalized spacial score (nSPS) is 11.5.